The minimum Gasteiger partial charge on any atom is -0.388 e. The number of aliphatic hydroxyl groups is 1. The van der Waals surface area contributed by atoms with E-state index in [9.17, 15) is 9.90 Å². The maximum atomic E-state index is 11.8. The second-order valence-electron chi connectivity index (χ2n) is 7.51. The first-order chi connectivity index (χ1) is 9.89. The van der Waals surface area contributed by atoms with Gasteiger partial charge in [0.05, 0.1) is 5.60 Å². The van der Waals surface area contributed by atoms with Gasteiger partial charge in [-0.15, -0.1) is 0 Å². The van der Waals surface area contributed by atoms with E-state index in [0.29, 0.717) is 43.9 Å². The highest BCUT2D eigenvalue weighted by Gasteiger charge is 2.30. The van der Waals surface area contributed by atoms with Crippen LogP contribution in [0.3, 0.4) is 0 Å². The SMILES string of the molecule is CC1(C)CCC(CNC(=O)NCC2(O)CCOCC2)CC1. The number of carbonyl (C=O) groups excluding carboxylic acids is 1. The van der Waals surface area contributed by atoms with Crippen molar-refractivity contribution in [3.8, 4) is 0 Å². The first-order valence-electron chi connectivity index (χ1n) is 8.20. The minimum absolute atomic E-state index is 0.167. The molecule has 0 aromatic carbocycles. The molecule has 1 saturated carbocycles. The van der Waals surface area contributed by atoms with Gasteiger partial charge < -0.3 is 20.5 Å². The molecule has 0 unspecified atom stereocenters. The Bertz CT molecular complexity index is 341. The third-order valence-corrected chi connectivity index (χ3v) is 5.01. The largest absolute Gasteiger partial charge is 0.388 e. The zero-order chi connectivity index (χ0) is 15.3. The summed E-state index contributed by atoms with van der Waals surface area (Å²) in [4.78, 5) is 11.8. The van der Waals surface area contributed by atoms with E-state index in [1.54, 1.807) is 0 Å². The summed E-state index contributed by atoms with van der Waals surface area (Å²) >= 11 is 0. The van der Waals surface area contributed by atoms with Crippen molar-refractivity contribution in [1.82, 2.24) is 10.6 Å². The van der Waals surface area contributed by atoms with Crippen molar-refractivity contribution in [2.45, 2.75) is 58.0 Å². The van der Waals surface area contributed by atoms with Crippen LogP contribution >= 0.6 is 0 Å². The molecule has 0 bridgehead atoms. The van der Waals surface area contributed by atoms with Gasteiger partial charge in [-0.3, -0.25) is 0 Å². The summed E-state index contributed by atoms with van der Waals surface area (Å²) in [5.74, 6) is 0.593. The van der Waals surface area contributed by atoms with Gasteiger partial charge in [-0.25, -0.2) is 4.79 Å². The summed E-state index contributed by atoms with van der Waals surface area (Å²) in [5.41, 5.74) is -0.338. The molecule has 5 nitrogen and oxygen atoms in total. The summed E-state index contributed by atoms with van der Waals surface area (Å²) in [5, 5.41) is 16.0. The molecule has 0 radical (unpaired) electrons. The van der Waals surface area contributed by atoms with Gasteiger partial charge in [-0.05, 0) is 37.0 Å². The second-order valence-corrected chi connectivity index (χ2v) is 7.51. The zero-order valence-electron chi connectivity index (χ0n) is 13.4. The molecular formula is C16H30N2O3. The van der Waals surface area contributed by atoms with Crippen LogP contribution in [-0.4, -0.2) is 43.0 Å². The molecule has 0 aromatic rings. The molecule has 2 aliphatic rings. The molecule has 2 rings (SSSR count). The maximum Gasteiger partial charge on any atom is 0.314 e. The Balaban J connectivity index is 1.61. The lowest BCUT2D eigenvalue weighted by atomic mass is 9.73. The highest BCUT2D eigenvalue weighted by Crippen LogP contribution is 2.37. The van der Waals surface area contributed by atoms with E-state index in [1.807, 2.05) is 0 Å². The van der Waals surface area contributed by atoms with Crippen molar-refractivity contribution in [2.24, 2.45) is 11.3 Å². The number of amides is 2. The van der Waals surface area contributed by atoms with Gasteiger partial charge in [0.25, 0.3) is 0 Å². The summed E-state index contributed by atoms with van der Waals surface area (Å²) in [6, 6.07) is -0.167. The topological polar surface area (TPSA) is 70.6 Å². The standard InChI is InChI=1S/C16H30N2O3/c1-15(2)5-3-13(4-6-15)11-17-14(19)18-12-16(20)7-9-21-10-8-16/h13,20H,3-12H2,1-2H3,(H2,17,18,19). The number of carbonyl (C=O) groups is 1. The number of nitrogens with one attached hydrogen (secondary N) is 2. The molecule has 0 spiro atoms. The van der Waals surface area contributed by atoms with Crippen LogP contribution in [0.4, 0.5) is 4.79 Å². The van der Waals surface area contributed by atoms with E-state index in [0.717, 1.165) is 6.54 Å². The minimum atomic E-state index is -0.801. The molecular weight excluding hydrogens is 268 g/mol. The van der Waals surface area contributed by atoms with Gasteiger partial charge in [0, 0.05) is 39.1 Å². The molecule has 0 aromatic heterocycles. The molecule has 1 heterocycles. The van der Waals surface area contributed by atoms with Crippen molar-refractivity contribution in [3.63, 3.8) is 0 Å². The Morgan fingerprint density at radius 2 is 1.76 bits per heavy atom. The van der Waals surface area contributed by atoms with E-state index >= 15 is 0 Å². The Labute approximate surface area is 127 Å². The average molecular weight is 298 g/mol. The quantitative estimate of drug-likeness (QED) is 0.744. The van der Waals surface area contributed by atoms with Gasteiger partial charge in [-0.2, -0.15) is 0 Å². The Hall–Kier alpha value is -0.810. The molecule has 21 heavy (non-hydrogen) atoms. The Morgan fingerprint density at radius 3 is 2.38 bits per heavy atom. The fourth-order valence-corrected chi connectivity index (χ4v) is 3.14. The number of hydrogen-bond acceptors (Lipinski definition) is 3. The molecule has 122 valence electrons. The lowest BCUT2D eigenvalue weighted by Gasteiger charge is -2.34. The molecule has 0 atom stereocenters. The molecule has 3 N–H and O–H groups in total. The molecule has 5 heteroatoms. The Kier molecular flexibility index (Phi) is 5.49. The van der Waals surface area contributed by atoms with Crippen molar-refractivity contribution in [2.75, 3.05) is 26.3 Å². The van der Waals surface area contributed by atoms with Gasteiger partial charge >= 0.3 is 6.03 Å². The summed E-state index contributed by atoms with van der Waals surface area (Å²) in [6.45, 7) is 6.81. The number of urea groups is 1. The molecule has 1 aliphatic carbocycles. The monoisotopic (exact) mass is 298 g/mol. The first-order valence-corrected chi connectivity index (χ1v) is 8.20. The van der Waals surface area contributed by atoms with Gasteiger partial charge in [0.2, 0.25) is 0 Å². The van der Waals surface area contributed by atoms with E-state index in [2.05, 4.69) is 24.5 Å². The average Bonchev–Trinajstić information content (AvgIpc) is 2.45. The van der Waals surface area contributed by atoms with Crippen LogP contribution in [0.5, 0.6) is 0 Å². The van der Waals surface area contributed by atoms with Gasteiger partial charge in [-0.1, -0.05) is 13.8 Å². The number of ether oxygens (including phenoxy) is 1. The normalized spacial score (nSPS) is 25.3. The summed E-state index contributed by atoms with van der Waals surface area (Å²) in [6.07, 6.45) is 6.03. The number of rotatable bonds is 4. The van der Waals surface area contributed by atoms with Crippen LogP contribution in [0, 0.1) is 11.3 Å². The van der Waals surface area contributed by atoms with Crippen LogP contribution in [0.15, 0.2) is 0 Å². The van der Waals surface area contributed by atoms with Crippen LogP contribution in [0.25, 0.3) is 0 Å². The van der Waals surface area contributed by atoms with E-state index in [4.69, 9.17) is 4.74 Å². The third-order valence-electron chi connectivity index (χ3n) is 5.01. The lowest BCUT2D eigenvalue weighted by Crippen LogP contribution is -2.49. The lowest BCUT2D eigenvalue weighted by molar-refractivity contribution is -0.0600. The predicted molar refractivity (Wildman–Crippen MR) is 82.1 cm³/mol. The maximum absolute atomic E-state index is 11.8. The molecule has 2 fully saturated rings. The van der Waals surface area contributed by atoms with Crippen molar-refractivity contribution < 1.29 is 14.6 Å². The van der Waals surface area contributed by atoms with Crippen LogP contribution in [0.1, 0.15) is 52.4 Å². The molecule has 2 amide bonds. The first kappa shape index (κ1) is 16.6. The van der Waals surface area contributed by atoms with Gasteiger partial charge in [0.15, 0.2) is 0 Å². The van der Waals surface area contributed by atoms with Crippen LogP contribution in [0.2, 0.25) is 0 Å². The zero-order valence-corrected chi connectivity index (χ0v) is 13.4. The van der Waals surface area contributed by atoms with Crippen molar-refractivity contribution in [3.05, 3.63) is 0 Å². The van der Waals surface area contributed by atoms with Crippen molar-refractivity contribution in [1.29, 1.82) is 0 Å². The number of hydrogen-bond donors (Lipinski definition) is 3. The fraction of sp³-hybridized carbons (Fsp3) is 0.938. The van der Waals surface area contributed by atoms with Crippen molar-refractivity contribution >= 4 is 6.03 Å². The fourth-order valence-electron chi connectivity index (χ4n) is 3.14. The highest BCUT2D eigenvalue weighted by molar-refractivity contribution is 5.73. The second kappa shape index (κ2) is 6.97. The summed E-state index contributed by atoms with van der Waals surface area (Å²) in [7, 11) is 0. The van der Waals surface area contributed by atoms with Gasteiger partial charge in [0.1, 0.15) is 0 Å². The van der Waals surface area contributed by atoms with Crippen LogP contribution in [-0.2, 0) is 4.74 Å². The van der Waals surface area contributed by atoms with E-state index in [1.165, 1.54) is 25.7 Å². The Morgan fingerprint density at radius 1 is 1.14 bits per heavy atom. The summed E-state index contributed by atoms with van der Waals surface area (Å²) < 4.78 is 5.23. The third kappa shape index (κ3) is 5.47. The molecule has 1 saturated heterocycles. The van der Waals surface area contributed by atoms with E-state index in [-0.39, 0.29) is 6.03 Å². The highest BCUT2D eigenvalue weighted by atomic mass is 16.5. The smallest absolute Gasteiger partial charge is 0.314 e. The predicted octanol–water partition coefficient (Wildman–Crippen LogP) is 2.04. The van der Waals surface area contributed by atoms with Crippen LogP contribution < -0.4 is 10.6 Å². The van der Waals surface area contributed by atoms with E-state index < -0.39 is 5.60 Å². The molecule has 1 aliphatic heterocycles.